The molecule has 0 aromatic heterocycles. The largest absolute Gasteiger partial charge is 0.497 e. The number of benzene rings is 2. The van der Waals surface area contributed by atoms with Gasteiger partial charge in [-0.1, -0.05) is 12.1 Å². The number of likely N-dealkylation sites (tertiary alicyclic amines) is 1. The molecule has 0 bridgehead atoms. The molecule has 1 N–H and O–H groups in total. The number of carboxylic acid groups (broad SMARTS) is 1. The molecule has 3 rings (SSSR count). The summed E-state index contributed by atoms with van der Waals surface area (Å²) in [5, 5.41) is 8.81. The molecule has 1 fully saturated rings. The number of aryl methyl sites for hydroxylation is 2. The van der Waals surface area contributed by atoms with E-state index in [2.05, 4.69) is 12.1 Å². The van der Waals surface area contributed by atoms with Gasteiger partial charge in [-0.05, 0) is 73.6 Å². The van der Waals surface area contributed by atoms with Crippen molar-refractivity contribution in [2.24, 2.45) is 0 Å². The topological polar surface area (TPSA) is 76.1 Å². The third-order valence-electron chi connectivity index (χ3n) is 5.39. The summed E-state index contributed by atoms with van der Waals surface area (Å²) in [4.78, 5) is 25.6. The molecule has 1 aliphatic heterocycles. The Morgan fingerprint density at radius 1 is 1.10 bits per heavy atom. The van der Waals surface area contributed by atoms with Crippen molar-refractivity contribution in [1.82, 2.24) is 4.90 Å². The van der Waals surface area contributed by atoms with Gasteiger partial charge in [-0.15, -0.1) is 0 Å². The molecule has 0 spiro atoms. The van der Waals surface area contributed by atoms with Gasteiger partial charge in [0, 0.05) is 18.7 Å². The number of nitrogens with zero attached hydrogens (tertiary/aromatic N) is 1. The lowest BCUT2D eigenvalue weighted by Crippen LogP contribution is -2.38. The predicted octanol–water partition coefficient (Wildman–Crippen LogP) is 3.80. The highest BCUT2D eigenvalue weighted by molar-refractivity contribution is 5.95. The zero-order chi connectivity index (χ0) is 21.0. The molecule has 1 saturated heterocycles. The number of hydrogen-bond donors (Lipinski definition) is 1. The molecule has 6 heteroatoms. The molecule has 6 nitrogen and oxygen atoms in total. The fourth-order valence-electron chi connectivity index (χ4n) is 3.93. The van der Waals surface area contributed by atoms with E-state index in [4.69, 9.17) is 14.6 Å². The number of piperidine rings is 1. The lowest BCUT2D eigenvalue weighted by atomic mass is 9.89. The molecule has 1 aliphatic rings. The molecular weight excluding hydrogens is 370 g/mol. The lowest BCUT2D eigenvalue weighted by Gasteiger charge is -2.32. The lowest BCUT2D eigenvalue weighted by molar-refractivity contribution is -0.139. The number of aliphatic carboxylic acids is 1. The average molecular weight is 397 g/mol. The molecule has 0 radical (unpaired) electrons. The van der Waals surface area contributed by atoms with Crippen LogP contribution in [0.1, 0.15) is 45.8 Å². The van der Waals surface area contributed by atoms with Crippen LogP contribution < -0.4 is 9.47 Å². The second kappa shape index (κ2) is 8.99. The van der Waals surface area contributed by atoms with Gasteiger partial charge in [-0.3, -0.25) is 4.79 Å². The summed E-state index contributed by atoms with van der Waals surface area (Å²) in [6.45, 7) is 4.67. The summed E-state index contributed by atoms with van der Waals surface area (Å²) in [5.41, 5.74) is 3.40. The molecule has 0 unspecified atom stereocenters. The van der Waals surface area contributed by atoms with Gasteiger partial charge in [0.15, 0.2) is 6.61 Å². The van der Waals surface area contributed by atoms with E-state index in [-0.39, 0.29) is 5.91 Å². The first-order valence-electron chi connectivity index (χ1n) is 9.78. The monoisotopic (exact) mass is 397 g/mol. The van der Waals surface area contributed by atoms with Crippen LogP contribution in [-0.4, -0.2) is 48.7 Å². The third-order valence-corrected chi connectivity index (χ3v) is 5.39. The number of rotatable bonds is 6. The second-order valence-electron chi connectivity index (χ2n) is 7.46. The van der Waals surface area contributed by atoms with Crippen molar-refractivity contribution in [3.05, 3.63) is 58.7 Å². The Bertz CT molecular complexity index is 877. The molecule has 1 heterocycles. The Balaban J connectivity index is 1.66. The van der Waals surface area contributed by atoms with Crippen LogP contribution in [0.4, 0.5) is 0 Å². The van der Waals surface area contributed by atoms with E-state index in [1.165, 1.54) is 5.56 Å². The second-order valence-corrected chi connectivity index (χ2v) is 7.46. The maximum absolute atomic E-state index is 13.0. The number of carboxylic acids is 1. The summed E-state index contributed by atoms with van der Waals surface area (Å²) in [6.07, 6.45) is 1.83. The fraction of sp³-hybridized carbons (Fsp3) is 0.391. The molecule has 0 aliphatic carbocycles. The minimum absolute atomic E-state index is 0.00470. The van der Waals surface area contributed by atoms with Gasteiger partial charge in [-0.25, -0.2) is 4.79 Å². The normalized spacial score (nSPS) is 14.5. The first-order chi connectivity index (χ1) is 13.9. The first kappa shape index (κ1) is 20.7. The van der Waals surface area contributed by atoms with Crippen molar-refractivity contribution in [3.8, 4) is 11.5 Å². The van der Waals surface area contributed by atoms with Crippen molar-refractivity contribution < 1.29 is 24.2 Å². The average Bonchev–Trinajstić information content (AvgIpc) is 2.72. The zero-order valence-corrected chi connectivity index (χ0v) is 17.1. The molecule has 2 aromatic carbocycles. The summed E-state index contributed by atoms with van der Waals surface area (Å²) in [6, 6.07) is 11.7. The highest BCUT2D eigenvalue weighted by atomic mass is 16.5. The first-order valence-corrected chi connectivity index (χ1v) is 9.78. The molecule has 154 valence electrons. The molecule has 0 saturated carbocycles. The zero-order valence-electron chi connectivity index (χ0n) is 17.1. The van der Waals surface area contributed by atoms with Crippen LogP contribution in [-0.2, 0) is 4.79 Å². The van der Waals surface area contributed by atoms with Gasteiger partial charge in [0.1, 0.15) is 11.5 Å². The maximum Gasteiger partial charge on any atom is 0.341 e. The Labute approximate surface area is 171 Å². The number of methoxy groups -OCH3 is 1. The Morgan fingerprint density at radius 3 is 2.34 bits per heavy atom. The van der Waals surface area contributed by atoms with E-state index in [0.717, 1.165) is 29.7 Å². The van der Waals surface area contributed by atoms with Crippen LogP contribution in [0, 0.1) is 13.8 Å². The van der Waals surface area contributed by atoms with Crippen LogP contribution in [0.25, 0.3) is 0 Å². The van der Waals surface area contributed by atoms with Crippen LogP contribution in [0.2, 0.25) is 0 Å². The van der Waals surface area contributed by atoms with Gasteiger partial charge in [0.05, 0.1) is 7.11 Å². The summed E-state index contributed by atoms with van der Waals surface area (Å²) >= 11 is 0. The van der Waals surface area contributed by atoms with Gasteiger partial charge in [0.2, 0.25) is 0 Å². The highest BCUT2D eigenvalue weighted by Gasteiger charge is 2.25. The van der Waals surface area contributed by atoms with Crippen LogP contribution in [0.3, 0.4) is 0 Å². The fourth-order valence-corrected chi connectivity index (χ4v) is 3.93. The quantitative estimate of drug-likeness (QED) is 0.802. The SMILES string of the molecule is COc1cccc(C2CCN(C(=O)c3cc(C)c(OCC(=O)O)c(C)c3)CC2)c1. The van der Waals surface area contributed by atoms with Crippen LogP contribution in [0.5, 0.6) is 11.5 Å². The van der Waals surface area contributed by atoms with Crippen LogP contribution >= 0.6 is 0 Å². The van der Waals surface area contributed by atoms with E-state index < -0.39 is 12.6 Å². The Morgan fingerprint density at radius 2 is 1.76 bits per heavy atom. The van der Waals surface area contributed by atoms with E-state index in [1.807, 2.05) is 30.9 Å². The van der Waals surface area contributed by atoms with E-state index in [0.29, 0.717) is 30.3 Å². The van der Waals surface area contributed by atoms with Crippen molar-refractivity contribution in [3.63, 3.8) is 0 Å². The number of ether oxygens (including phenoxy) is 2. The number of amides is 1. The van der Waals surface area contributed by atoms with Gasteiger partial charge in [-0.2, -0.15) is 0 Å². The summed E-state index contributed by atoms with van der Waals surface area (Å²) in [7, 11) is 1.67. The molecule has 0 atom stereocenters. The van der Waals surface area contributed by atoms with E-state index in [1.54, 1.807) is 19.2 Å². The van der Waals surface area contributed by atoms with E-state index in [9.17, 15) is 9.59 Å². The minimum atomic E-state index is -1.03. The molecule has 29 heavy (non-hydrogen) atoms. The Kier molecular flexibility index (Phi) is 6.42. The predicted molar refractivity (Wildman–Crippen MR) is 110 cm³/mol. The standard InChI is InChI=1S/C23H27NO5/c1-15-11-19(12-16(2)22(15)29-14-21(25)26)23(27)24-9-7-17(8-10-24)18-5-4-6-20(13-18)28-3/h4-6,11-13,17H,7-10,14H2,1-3H3,(H,25,26). The smallest absolute Gasteiger partial charge is 0.341 e. The third kappa shape index (κ3) is 4.88. The van der Waals surface area contributed by atoms with Gasteiger partial charge < -0.3 is 19.5 Å². The summed E-state index contributed by atoms with van der Waals surface area (Å²) in [5.74, 6) is 0.787. The van der Waals surface area contributed by atoms with Gasteiger partial charge in [0.25, 0.3) is 5.91 Å². The minimum Gasteiger partial charge on any atom is -0.497 e. The summed E-state index contributed by atoms with van der Waals surface area (Å²) < 4.78 is 10.7. The van der Waals surface area contributed by atoms with Crippen molar-refractivity contribution in [1.29, 1.82) is 0 Å². The van der Waals surface area contributed by atoms with Crippen molar-refractivity contribution in [2.45, 2.75) is 32.6 Å². The molecular formula is C23H27NO5. The maximum atomic E-state index is 13.0. The molecule has 1 amide bonds. The van der Waals surface area contributed by atoms with Crippen LogP contribution in [0.15, 0.2) is 36.4 Å². The molecule has 2 aromatic rings. The highest BCUT2D eigenvalue weighted by Crippen LogP contribution is 2.31. The number of hydrogen-bond acceptors (Lipinski definition) is 4. The number of carbonyl (C=O) groups excluding carboxylic acids is 1. The van der Waals surface area contributed by atoms with Gasteiger partial charge >= 0.3 is 5.97 Å². The van der Waals surface area contributed by atoms with Crippen molar-refractivity contribution in [2.75, 3.05) is 26.8 Å². The number of carbonyl (C=O) groups is 2. The van der Waals surface area contributed by atoms with E-state index >= 15 is 0 Å². The van der Waals surface area contributed by atoms with Crippen molar-refractivity contribution >= 4 is 11.9 Å². The Hall–Kier alpha value is -3.02.